The van der Waals surface area contributed by atoms with E-state index < -0.39 is 17.6 Å². The lowest BCUT2D eigenvalue weighted by atomic mass is 9.90. The van der Waals surface area contributed by atoms with Crippen molar-refractivity contribution in [3.8, 4) is 22.8 Å². The number of aryl methyl sites for hydroxylation is 1. The molecule has 9 heteroatoms. The number of carbonyl (C=O) groups excluding carboxylic acids is 1. The first kappa shape index (κ1) is 26.1. The average molecular weight is 565 g/mol. The van der Waals surface area contributed by atoms with Gasteiger partial charge in [0.05, 0.1) is 17.8 Å². The molecule has 1 aromatic heterocycles. The van der Waals surface area contributed by atoms with Gasteiger partial charge in [-0.3, -0.25) is 9.48 Å². The number of carbonyl (C=O) groups is 1. The van der Waals surface area contributed by atoms with Crippen LogP contribution in [0.15, 0.2) is 78.9 Å². The molecule has 0 atom stereocenters. The Morgan fingerprint density at radius 2 is 1.73 bits per heavy atom. The number of fused-ring (bicyclic) bond motifs is 2. The van der Waals surface area contributed by atoms with Gasteiger partial charge in [0.2, 0.25) is 0 Å². The Morgan fingerprint density at radius 1 is 0.925 bits per heavy atom. The zero-order valence-corrected chi connectivity index (χ0v) is 21.7. The van der Waals surface area contributed by atoms with Gasteiger partial charge < -0.3 is 4.74 Å². The van der Waals surface area contributed by atoms with E-state index in [0.717, 1.165) is 30.5 Å². The maximum atomic E-state index is 13.9. The summed E-state index contributed by atoms with van der Waals surface area (Å²) in [5, 5.41) is 4.80. The minimum atomic E-state index is -4.61. The topological polar surface area (TPSA) is 44.1 Å². The van der Waals surface area contributed by atoms with E-state index in [2.05, 4.69) is 5.10 Å². The van der Waals surface area contributed by atoms with Crippen molar-refractivity contribution in [2.24, 2.45) is 0 Å². The summed E-state index contributed by atoms with van der Waals surface area (Å²) in [4.78, 5) is 12.2. The van der Waals surface area contributed by atoms with Crippen LogP contribution >= 0.6 is 11.6 Å². The van der Waals surface area contributed by atoms with E-state index in [9.17, 15) is 22.4 Å². The third-order valence-corrected chi connectivity index (χ3v) is 7.33. The van der Waals surface area contributed by atoms with E-state index in [0.29, 0.717) is 45.7 Å². The van der Waals surface area contributed by atoms with Crippen molar-refractivity contribution in [2.45, 2.75) is 32.0 Å². The van der Waals surface area contributed by atoms with Crippen LogP contribution in [0.5, 0.6) is 11.5 Å². The fraction of sp³-hybridized carbons (Fsp3) is 0.161. The molecular formula is C31H21ClF4N2O2. The molecule has 0 unspecified atom stereocenters. The Kier molecular flexibility index (Phi) is 6.58. The second kappa shape index (κ2) is 10.1. The molecule has 0 aliphatic heterocycles. The number of rotatable bonds is 5. The number of benzene rings is 4. The van der Waals surface area contributed by atoms with Crippen molar-refractivity contribution in [3.63, 3.8) is 0 Å². The lowest BCUT2D eigenvalue weighted by molar-refractivity contribution is -0.136. The third kappa shape index (κ3) is 4.95. The van der Waals surface area contributed by atoms with Gasteiger partial charge in [0.15, 0.2) is 5.78 Å². The molecule has 202 valence electrons. The molecule has 0 fully saturated rings. The molecular weight excluding hydrogens is 544 g/mol. The van der Waals surface area contributed by atoms with E-state index in [4.69, 9.17) is 16.3 Å². The van der Waals surface area contributed by atoms with Gasteiger partial charge >= 0.3 is 6.18 Å². The monoisotopic (exact) mass is 564 g/mol. The minimum Gasteiger partial charge on any atom is -0.457 e. The molecule has 0 N–H and O–H groups in total. The highest BCUT2D eigenvalue weighted by Gasteiger charge is 2.34. The molecule has 1 aliphatic rings. The molecule has 0 spiro atoms. The zero-order chi connectivity index (χ0) is 28.0. The highest BCUT2D eigenvalue weighted by Crippen LogP contribution is 2.39. The van der Waals surface area contributed by atoms with Gasteiger partial charge in [-0.15, -0.1) is 0 Å². The summed E-state index contributed by atoms with van der Waals surface area (Å²) < 4.78 is 62.9. The quantitative estimate of drug-likeness (QED) is 0.200. The Bertz CT molecular complexity index is 1780. The second-order valence-electron chi connectivity index (χ2n) is 9.67. The van der Waals surface area contributed by atoms with E-state index >= 15 is 0 Å². The molecule has 4 nitrogen and oxygen atoms in total. The van der Waals surface area contributed by atoms with Crippen LogP contribution in [0.1, 0.15) is 39.9 Å². The number of hydrogen-bond donors (Lipinski definition) is 0. The van der Waals surface area contributed by atoms with Crippen LogP contribution in [-0.4, -0.2) is 15.6 Å². The van der Waals surface area contributed by atoms with Crippen LogP contribution in [0.3, 0.4) is 0 Å². The zero-order valence-electron chi connectivity index (χ0n) is 20.9. The van der Waals surface area contributed by atoms with E-state index in [1.54, 1.807) is 42.5 Å². The van der Waals surface area contributed by atoms with Crippen molar-refractivity contribution in [1.29, 1.82) is 0 Å². The summed E-state index contributed by atoms with van der Waals surface area (Å²) in [5.41, 5.74) is 2.10. The molecule has 0 radical (unpaired) electrons. The number of aromatic nitrogens is 2. The first-order valence-corrected chi connectivity index (χ1v) is 13.0. The summed E-state index contributed by atoms with van der Waals surface area (Å²) in [5.74, 6) is 0.624. The van der Waals surface area contributed by atoms with Gasteiger partial charge in [0.1, 0.15) is 22.8 Å². The number of alkyl halides is 3. The molecule has 0 saturated heterocycles. The number of nitrogens with zero attached hydrogens (tertiary/aromatic N) is 2. The molecule has 1 heterocycles. The lowest BCUT2D eigenvalue weighted by Gasteiger charge is -2.16. The van der Waals surface area contributed by atoms with Gasteiger partial charge in [-0.2, -0.15) is 18.3 Å². The van der Waals surface area contributed by atoms with Gasteiger partial charge in [-0.05, 0) is 72.5 Å². The minimum absolute atomic E-state index is 0.0182. The normalized spacial score (nSPS) is 13.5. The molecule has 5 aromatic rings. The maximum Gasteiger partial charge on any atom is 0.418 e. The summed E-state index contributed by atoms with van der Waals surface area (Å²) in [6.45, 7) is 0.0182. The van der Waals surface area contributed by atoms with Crippen LogP contribution in [0.2, 0.25) is 5.02 Å². The molecule has 0 saturated carbocycles. The highest BCUT2D eigenvalue weighted by molar-refractivity contribution is 6.31. The predicted molar refractivity (Wildman–Crippen MR) is 144 cm³/mol. The first-order valence-electron chi connectivity index (χ1n) is 12.6. The molecule has 4 aromatic carbocycles. The van der Waals surface area contributed by atoms with Gasteiger partial charge in [-0.1, -0.05) is 41.9 Å². The Morgan fingerprint density at radius 3 is 2.52 bits per heavy atom. The fourth-order valence-electron chi connectivity index (χ4n) is 5.14. The Hall–Kier alpha value is -4.17. The summed E-state index contributed by atoms with van der Waals surface area (Å²) in [7, 11) is 0. The molecule has 1 aliphatic carbocycles. The van der Waals surface area contributed by atoms with Crippen molar-refractivity contribution < 1.29 is 27.1 Å². The van der Waals surface area contributed by atoms with Crippen molar-refractivity contribution in [3.05, 3.63) is 112 Å². The second-order valence-corrected chi connectivity index (χ2v) is 10.1. The van der Waals surface area contributed by atoms with E-state index in [1.807, 2.05) is 6.07 Å². The third-order valence-electron chi connectivity index (χ3n) is 6.98. The lowest BCUT2D eigenvalue weighted by Crippen LogP contribution is -2.10. The standard InChI is InChI=1S/C31H21ClF4N2O2/c32-27-16-21(33)11-10-20(27)17-38-30(25-7-3-8-26(29(25)37-38)31(34,35)36)19-5-1-6-22(15-19)40-23-12-13-24-18(14-23)4-2-9-28(24)39/h1,3,5-8,10-16H,2,4,9,17H2. The van der Waals surface area contributed by atoms with Crippen molar-refractivity contribution >= 4 is 28.3 Å². The first-order chi connectivity index (χ1) is 19.2. The Labute approximate surface area is 231 Å². The summed E-state index contributed by atoms with van der Waals surface area (Å²) in [6.07, 6.45) is -2.49. The largest absolute Gasteiger partial charge is 0.457 e. The number of ketones is 1. The fourth-order valence-corrected chi connectivity index (χ4v) is 5.37. The van der Waals surface area contributed by atoms with Gasteiger partial charge in [0.25, 0.3) is 0 Å². The molecule has 40 heavy (non-hydrogen) atoms. The van der Waals surface area contributed by atoms with Gasteiger partial charge in [-0.25, -0.2) is 4.39 Å². The number of Topliss-reactive ketones (excluding diaryl/α,β-unsaturated/α-hetero) is 1. The highest BCUT2D eigenvalue weighted by atomic mass is 35.5. The van der Waals surface area contributed by atoms with Crippen LogP contribution in [0.25, 0.3) is 22.2 Å². The van der Waals surface area contributed by atoms with Crippen LogP contribution < -0.4 is 4.74 Å². The van der Waals surface area contributed by atoms with Crippen LogP contribution in [-0.2, 0) is 19.1 Å². The smallest absolute Gasteiger partial charge is 0.418 e. The summed E-state index contributed by atoms with van der Waals surface area (Å²) in [6, 6.07) is 20.1. The molecule has 0 bridgehead atoms. The van der Waals surface area contributed by atoms with Crippen LogP contribution in [0.4, 0.5) is 17.6 Å². The number of halogens is 5. The molecule has 0 amide bonds. The maximum absolute atomic E-state index is 13.9. The predicted octanol–water partition coefficient (Wildman–Crippen LogP) is 8.87. The van der Waals surface area contributed by atoms with E-state index in [-0.39, 0.29) is 22.9 Å². The number of hydrogen-bond acceptors (Lipinski definition) is 3. The molecule has 6 rings (SSSR count). The SMILES string of the molecule is O=C1CCCc2cc(Oc3cccc(-c4c5cccc(C(F)(F)F)c5nn4Cc4ccc(F)cc4Cl)c3)ccc21. The van der Waals surface area contributed by atoms with Crippen molar-refractivity contribution in [2.75, 3.05) is 0 Å². The van der Waals surface area contributed by atoms with Gasteiger partial charge in [0, 0.05) is 28.0 Å². The van der Waals surface area contributed by atoms with E-state index in [1.165, 1.54) is 22.9 Å². The average Bonchev–Trinajstić information content (AvgIpc) is 3.28. The van der Waals surface area contributed by atoms with Crippen LogP contribution in [0, 0.1) is 5.82 Å². The summed E-state index contributed by atoms with van der Waals surface area (Å²) >= 11 is 6.25. The Balaban J connectivity index is 1.44. The van der Waals surface area contributed by atoms with Crippen molar-refractivity contribution in [1.82, 2.24) is 9.78 Å². The number of ether oxygens (including phenoxy) is 1.